The number of hydrogen-bond donors (Lipinski definition) is 1. The van der Waals surface area contributed by atoms with Crippen LogP contribution in [0, 0.1) is 0 Å². The van der Waals surface area contributed by atoms with Crippen LogP contribution in [0.5, 0.6) is 5.75 Å². The number of benzene rings is 3. The van der Waals surface area contributed by atoms with Gasteiger partial charge in [0.05, 0.1) is 16.7 Å². The zero-order valence-electron chi connectivity index (χ0n) is 16.9. The molecule has 0 saturated carbocycles. The smallest absolute Gasteiger partial charge is 0.314 e. The largest absolute Gasteiger partial charge is 0.444 e. The lowest BCUT2D eigenvalue weighted by atomic mass is 9.95. The highest BCUT2D eigenvalue weighted by Gasteiger charge is 2.58. The fourth-order valence-corrected chi connectivity index (χ4v) is 5.49. The number of fused-ring (bicyclic) bond motifs is 4. The molecule has 3 aromatic carbocycles. The van der Waals surface area contributed by atoms with E-state index in [1.54, 1.807) is 0 Å². The molecular weight excluding hydrogens is 442 g/mol. The fraction of sp³-hybridized carbons (Fsp3) is 0.120. The van der Waals surface area contributed by atoms with Crippen LogP contribution in [0.3, 0.4) is 0 Å². The van der Waals surface area contributed by atoms with Crippen molar-refractivity contribution in [2.75, 3.05) is 0 Å². The van der Waals surface area contributed by atoms with Gasteiger partial charge in [0, 0.05) is 17.0 Å². The summed E-state index contributed by atoms with van der Waals surface area (Å²) in [5.41, 5.74) is 3.88. The van der Waals surface area contributed by atoms with Crippen LogP contribution >= 0.6 is 23.4 Å². The molecule has 0 unspecified atom stereocenters. The van der Waals surface area contributed by atoms with Gasteiger partial charge in [-0.3, -0.25) is 10.1 Å². The van der Waals surface area contributed by atoms with Gasteiger partial charge in [0.15, 0.2) is 0 Å². The van der Waals surface area contributed by atoms with Crippen molar-refractivity contribution in [2.45, 2.75) is 18.3 Å². The van der Waals surface area contributed by atoms with Crippen molar-refractivity contribution in [3.05, 3.63) is 105 Å². The monoisotopic (exact) mass is 459 g/mol. The number of thioether (sulfide) groups is 1. The quantitative estimate of drug-likeness (QED) is 0.508. The molecule has 1 N–H and O–H groups in total. The van der Waals surface area contributed by atoms with Gasteiger partial charge in [0.1, 0.15) is 5.75 Å². The fourth-order valence-electron chi connectivity index (χ4n) is 4.40. The lowest BCUT2D eigenvalue weighted by molar-refractivity contribution is -0.0949. The van der Waals surface area contributed by atoms with Crippen molar-refractivity contribution in [2.24, 2.45) is 5.10 Å². The first-order chi connectivity index (χ1) is 15.6. The third-order valence-electron chi connectivity index (χ3n) is 5.88. The van der Waals surface area contributed by atoms with Crippen molar-refractivity contribution < 1.29 is 9.53 Å². The number of carbonyl (C=O) groups is 1. The van der Waals surface area contributed by atoms with E-state index in [0.717, 1.165) is 39.9 Å². The van der Waals surface area contributed by atoms with Crippen LogP contribution < -0.4 is 10.1 Å². The van der Waals surface area contributed by atoms with Crippen molar-refractivity contribution in [1.29, 1.82) is 0 Å². The number of nitrogens with one attached hydrogen (secondary N) is 1. The Morgan fingerprint density at radius 1 is 1.06 bits per heavy atom. The van der Waals surface area contributed by atoms with Gasteiger partial charge in [-0.2, -0.15) is 5.10 Å². The van der Waals surface area contributed by atoms with E-state index in [4.69, 9.17) is 21.4 Å². The first-order valence-corrected chi connectivity index (χ1v) is 11.5. The molecule has 158 valence electrons. The number of hydrazone groups is 1. The molecule has 0 bridgehead atoms. The second-order valence-corrected chi connectivity index (χ2v) is 9.23. The Morgan fingerprint density at radius 2 is 1.81 bits per heavy atom. The summed E-state index contributed by atoms with van der Waals surface area (Å²) in [4.78, 5) is 13.4. The van der Waals surface area contributed by atoms with Crippen LogP contribution in [-0.4, -0.2) is 21.8 Å². The first-order valence-electron chi connectivity index (χ1n) is 10.3. The first kappa shape index (κ1) is 19.5. The van der Waals surface area contributed by atoms with Crippen LogP contribution in [0.1, 0.15) is 29.2 Å². The molecule has 1 amide bonds. The molecule has 1 fully saturated rings. The average Bonchev–Trinajstić information content (AvgIpc) is 3.39. The lowest BCUT2D eigenvalue weighted by Gasteiger charge is -2.45. The Morgan fingerprint density at radius 3 is 2.66 bits per heavy atom. The Hall–Kier alpha value is -3.22. The number of halogens is 1. The predicted octanol–water partition coefficient (Wildman–Crippen LogP) is 6.03. The molecule has 2 atom stereocenters. The summed E-state index contributed by atoms with van der Waals surface area (Å²) in [6.07, 6.45) is 2.62. The third-order valence-corrected chi connectivity index (χ3v) is 7.12. The molecular formula is C25H18ClN3O2S. The van der Waals surface area contributed by atoms with Gasteiger partial charge < -0.3 is 4.74 Å². The zero-order valence-corrected chi connectivity index (χ0v) is 18.4. The molecule has 1 spiro atoms. The molecule has 0 aromatic heterocycles. The number of para-hydroxylation sites is 1. The maximum atomic E-state index is 12.7. The highest BCUT2D eigenvalue weighted by molar-refractivity contribution is 8.17. The molecule has 5 nitrogen and oxygen atoms in total. The van der Waals surface area contributed by atoms with E-state index in [0.29, 0.717) is 16.3 Å². The summed E-state index contributed by atoms with van der Waals surface area (Å²) in [5.74, 6) is -0.484. The van der Waals surface area contributed by atoms with Gasteiger partial charge in [-0.15, -0.1) is 0 Å². The zero-order chi connectivity index (χ0) is 21.7. The summed E-state index contributed by atoms with van der Waals surface area (Å²) < 4.78 is 6.53. The number of carbonyl (C=O) groups excluding carboxylic acids is 1. The van der Waals surface area contributed by atoms with Gasteiger partial charge in [0.25, 0.3) is 5.24 Å². The highest BCUT2D eigenvalue weighted by Crippen LogP contribution is 2.52. The Balaban J connectivity index is 1.53. The van der Waals surface area contributed by atoms with Crippen LogP contribution in [0.25, 0.3) is 6.08 Å². The molecule has 3 heterocycles. The van der Waals surface area contributed by atoms with Crippen LogP contribution in [-0.2, 0) is 0 Å². The van der Waals surface area contributed by atoms with E-state index in [9.17, 15) is 4.79 Å². The Kier molecular flexibility index (Phi) is 4.52. The molecule has 32 heavy (non-hydrogen) atoms. The topological polar surface area (TPSA) is 53.9 Å². The van der Waals surface area contributed by atoms with Crippen LogP contribution in [0.2, 0.25) is 5.02 Å². The van der Waals surface area contributed by atoms with Crippen molar-refractivity contribution in [3.63, 3.8) is 0 Å². The summed E-state index contributed by atoms with van der Waals surface area (Å²) in [6.45, 7) is 0. The normalized spacial score (nSPS) is 24.7. The maximum Gasteiger partial charge on any atom is 0.314 e. The van der Waals surface area contributed by atoms with Crippen molar-refractivity contribution >= 4 is 40.4 Å². The van der Waals surface area contributed by atoms with Crippen LogP contribution in [0.4, 0.5) is 4.79 Å². The molecule has 3 aliphatic rings. The van der Waals surface area contributed by atoms with Gasteiger partial charge >= 0.3 is 5.85 Å². The summed E-state index contributed by atoms with van der Waals surface area (Å²) in [6, 6.07) is 25.5. The standard InChI is InChI=1S/C25H18ClN3O2S/c26-19-12-6-4-10-17(19)14-23-25(27-24(30)32-23)29-21(18-11-5-7-13-22(18)31-25)15-20(28-29)16-8-2-1-3-9-16/h1-14,21H,15H2,(H,27,30)/b23-14-/t21-,25+/m1/s1. The lowest BCUT2D eigenvalue weighted by Crippen LogP contribution is -2.61. The van der Waals surface area contributed by atoms with Gasteiger partial charge in [0.2, 0.25) is 0 Å². The molecule has 7 heteroatoms. The van der Waals surface area contributed by atoms with E-state index < -0.39 is 5.85 Å². The van der Waals surface area contributed by atoms with E-state index in [1.165, 1.54) is 0 Å². The minimum absolute atomic E-state index is 0.0659. The second-order valence-electron chi connectivity index (χ2n) is 7.81. The third kappa shape index (κ3) is 3.02. The summed E-state index contributed by atoms with van der Waals surface area (Å²) in [7, 11) is 0. The van der Waals surface area contributed by atoms with Gasteiger partial charge in [-0.25, -0.2) is 5.01 Å². The highest BCUT2D eigenvalue weighted by atomic mass is 35.5. The molecule has 3 aromatic rings. The van der Waals surface area contributed by atoms with E-state index in [1.807, 2.05) is 71.7 Å². The minimum atomic E-state index is -1.23. The number of hydrogen-bond acceptors (Lipinski definition) is 5. The Labute approximate surface area is 194 Å². The van der Waals surface area contributed by atoms with E-state index in [-0.39, 0.29) is 11.3 Å². The SMILES string of the molecule is O=C1N[C@@]2(Oc3ccccc3[C@H]3CC(c4ccccc4)=NN32)/C(=C/c2ccccc2Cl)S1. The van der Waals surface area contributed by atoms with Crippen molar-refractivity contribution in [1.82, 2.24) is 10.3 Å². The maximum absolute atomic E-state index is 12.7. The molecule has 1 saturated heterocycles. The van der Waals surface area contributed by atoms with Gasteiger partial charge in [-0.05, 0) is 41.1 Å². The molecule has 0 radical (unpaired) electrons. The van der Waals surface area contributed by atoms with Crippen molar-refractivity contribution in [3.8, 4) is 5.75 Å². The minimum Gasteiger partial charge on any atom is -0.444 e. The van der Waals surface area contributed by atoms with E-state index >= 15 is 0 Å². The van der Waals surface area contributed by atoms with Crippen LogP contribution in [0.15, 0.2) is 88.9 Å². The second kappa shape index (κ2) is 7.43. The number of nitrogens with zero attached hydrogens (tertiary/aromatic N) is 2. The predicted molar refractivity (Wildman–Crippen MR) is 128 cm³/mol. The Bertz CT molecular complexity index is 1290. The number of amides is 1. The van der Waals surface area contributed by atoms with Gasteiger partial charge in [-0.1, -0.05) is 78.3 Å². The molecule has 6 rings (SSSR count). The summed E-state index contributed by atoms with van der Waals surface area (Å²) in [5, 5.41) is 10.4. The van der Waals surface area contributed by atoms with E-state index in [2.05, 4.69) is 23.5 Å². The average molecular weight is 460 g/mol. The summed E-state index contributed by atoms with van der Waals surface area (Å²) >= 11 is 7.53. The molecule has 0 aliphatic carbocycles. The molecule has 3 aliphatic heterocycles. The number of ether oxygens (including phenoxy) is 1. The number of rotatable bonds is 2.